The summed E-state index contributed by atoms with van der Waals surface area (Å²) in [7, 11) is 2.29. The molecule has 0 aliphatic carbocycles. The van der Waals surface area contributed by atoms with Crippen LogP contribution in [0, 0.1) is 0 Å². The van der Waals surface area contributed by atoms with Crippen LogP contribution >= 0.6 is 0 Å². The van der Waals surface area contributed by atoms with Crippen LogP contribution in [0.3, 0.4) is 0 Å². The van der Waals surface area contributed by atoms with Crippen LogP contribution in [-0.4, -0.2) is 49.1 Å². The molecule has 0 aromatic rings. The van der Waals surface area contributed by atoms with Gasteiger partial charge in [-0.15, -0.1) is 0 Å². The minimum atomic E-state index is 0.845. The molecule has 1 heterocycles. The van der Waals surface area contributed by atoms with Crippen LogP contribution in [-0.2, 0) is 0 Å². The summed E-state index contributed by atoms with van der Waals surface area (Å²) in [5, 5.41) is 0. The Labute approximate surface area is 279 Å². The second-order valence-electron chi connectivity index (χ2n) is 14.4. The Morgan fingerprint density at radius 2 is 0.682 bits per heavy atom. The van der Waals surface area contributed by atoms with Crippen molar-refractivity contribution in [2.45, 2.75) is 213 Å². The maximum Gasteiger partial charge on any atom is 0.0113 e. The average Bonchev–Trinajstić information content (AvgIpc) is 3.03. The second kappa shape index (κ2) is 33.8. The standard InChI is InChI=1S/C42H82N2/c1-4-6-8-10-12-14-16-18-20-22-24-26-28-30-32-34-36-42(44-40-38-43(3)39-41-44)37-35-33-31-29-27-25-23-21-19-17-15-13-11-9-7-5-2/h18-21,42H,4-17,22-41H2,1-3H3. The highest BCUT2D eigenvalue weighted by atomic mass is 15.3. The predicted octanol–water partition coefficient (Wildman–Crippen LogP) is 13.5. The summed E-state index contributed by atoms with van der Waals surface area (Å²) in [5.41, 5.74) is 0. The van der Waals surface area contributed by atoms with Gasteiger partial charge < -0.3 is 4.90 Å². The van der Waals surface area contributed by atoms with Crippen LogP contribution in [0.4, 0.5) is 0 Å². The van der Waals surface area contributed by atoms with Gasteiger partial charge in [0.1, 0.15) is 0 Å². The molecule has 1 fully saturated rings. The van der Waals surface area contributed by atoms with Crippen molar-refractivity contribution < 1.29 is 0 Å². The Morgan fingerprint density at radius 1 is 0.386 bits per heavy atom. The number of likely N-dealkylation sites (N-methyl/N-ethyl adjacent to an activating group) is 1. The molecule has 1 aliphatic rings. The van der Waals surface area contributed by atoms with Gasteiger partial charge in [0.15, 0.2) is 0 Å². The van der Waals surface area contributed by atoms with Crippen molar-refractivity contribution >= 4 is 0 Å². The van der Waals surface area contributed by atoms with Crippen LogP contribution in [0.5, 0.6) is 0 Å². The highest BCUT2D eigenvalue weighted by Gasteiger charge is 2.21. The quantitative estimate of drug-likeness (QED) is 0.0536. The zero-order valence-corrected chi connectivity index (χ0v) is 30.8. The SMILES string of the molecule is CCCCCCCCC=CCCCCCCCCC(CCCCCCCCC=CCCCCCCCC)N1CCN(C)CC1. The highest BCUT2D eigenvalue weighted by Crippen LogP contribution is 2.20. The number of hydrogen-bond acceptors (Lipinski definition) is 2. The summed E-state index contributed by atoms with van der Waals surface area (Å²) in [6.45, 7) is 9.71. The average molecular weight is 615 g/mol. The summed E-state index contributed by atoms with van der Waals surface area (Å²) < 4.78 is 0. The molecule has 0 bridgehead atoms. The Kier molecular flexibility index (Phi) is 31.8. The first-order valence-electron chi connectivity index (χ1n) is 20.5. The van der Waals surface area contributed by atoms with Gasteiger partial charge in [0, 0.05) is 32.2 Å². The maximum absolute atomic E-state index is 2.86. The molecule has 0 unspecified atom stereocenters. The molecule has 0 aromatic carbocycles. The Morgan fingerprint density at radius 3 is 1.02 bits per heavy atom. The number of piperazine rings is 1. The van der Waals surface area contributed by atoms with Gasteiger partial charge in [0.05, 0.1) is 0 Å². The lowest BCUT2D eigenvalue weighted by atomic mass is 9.98. The maximum atomic E-state index is 2.86. The lowest BCUT2D eigenvalue weighted by molar-refractivity contribution is 0.0989. The summed E-state index contributed by atoms with van der Waals surface area (Å²) in [5.74, 6) is 0. The zero-order chi connectivity index (χ0) is 31.6. The number of nitrogens with zero attached hydrogens (tertiary/aromatic N) is 2. The van der Waals surface area contributed by atoms with E-state index in [2.05, 4.69) is 55.0 Å². The molecular weight excluding hydrogens is 532 g/mol. The fourth-order valence-electron chi connectivity index (χ4n) is 6.95. The van der Waals surface area contributed by atoms with Gasteiger partial charge >= 0.3 is 0 Å². The molecule has 2 heteroatoms. The molecule has 0 saturated carbocycles. The fraction of sp³-hybridized carbons (Fsp3) is 0.905. The van der Waals surface area contributed by atoms with Crippen LogP contribution in [0.15, 0.2) is 24.3 Å². The lowest BCUT2D eigenvalue weighted by Crippen LogP contribution is -2.49. The first-order chi connectivity index (χ1) is 21.8. The third-order valence-electron chi connectivity index (χ3n) is 10.2. The molecular formula is C42H82N2. The molecule has 0 spiro atoms. The number of hydrogen-bond donors (Lipinski definition) is 0. The molecule has 0 radical (unpaired) electrons. The van der Waals surface area contributed by atoms with Crippen molar-refractivity contribution in [2.24, 2.45) is 0 Å². The van der Waals surface area contributed by atoms with E-state index in [9.17, 15) is 0 Å². The number of rotatable bonds is 33. The summed E-state index contributed by atoms with van der Waals surface area (Å²) in [6, 6.07) is 0.845. The first-order valence-corrected chi connectivity index (χ1v) is 20.5. The molecule has 1 saturated heterocycles. The molecule has 44 heavy (non-hydrogen) atoms. The van der Waals surface area contributed by atoms with Crippen molar-refractivity contribution in [3.63, 3.8) is 0 Å². The number of unbranched alkanes of at least 4 members (excludes halogenated alkanes) is 24. The minimum Gasteiger partial charge on any atom is -0.304 e. The van der Waals surface area contributed by atoms with Crippen LogP contribution < -0.4 is 0 Å². The van der Waals surface area contributed by atoms with Crippen LogP contribution in [0.25, 0.3) is 0 Å². The van der Waals surface area contributed by atoms with Gasteiger partial charge in [-0.2, -0.15) is 0 Å². The zero-order valence-electron chi connectivity index (χ0n) is 30.8. The molecule has 1 rings (SSSR count). The van der Waals surface area contributed by atoms with Gasteiger partial charge in [-0.1, -0.05) is 167 Å². The molecule has 0 atom stereocenters. The van der Waals surface area contributed by atoms with E-state index in [1.807, 2.05) is 0 Å². The molecule has 0 N–H and O–H groups in total. The van der Waals surface area contributed by atoms with Gasteiger partial charge in [0.25, 0.3) is 0 Å². The van der Waals surface area contributed by atoms with E-state index in [1.54, 1.807) is 0 Å². The summed E-state index contributed by atoms with van der Waals surface area (Å²) >= 11 is 0. The van der Waals surface area contributed by atoms with Crippen LogP contribution in [0.2, 0.25) is 0 Å². The first kappa shape index (κ1) is 41.4. The number of allylic oxidation sites excluding steroid dienone is 4. The third kappa shape index (κ3) is 27.7. The van der Waals surface area contributed by atoms with Crippen LogP contribution in [0.1, 0.15) is 206 Å². The van der Waals surface area contributed by atoms with E-state index >= 15 is 0 Å². The van der Waals surface area contributed by atoms with Crippen molar-refractivity contribution in [1.82, 2.24) is 9.80 Å². The summed E-state index contributed by atoms with van der Waals surface area (Å²) in [6.07, 6.45) is 52.1. The largest absolute Gasteiger partial charge is 0.304 e. The molecule has 1 aliphatic heterocycles. The molecule has 2 nitrogen and oxygen atoms in total. The van der Waals surface area contributed by atoms with E-state index < -0.39 is 0 Å². The third-order valence-corrected chi connectivity index (χ3v) is 10.2. The Bertz CT molecular complexity index is 561. The normalized spacial score (nSPS) is 15.7. The molecule has 260 valence electrons. The Balaban J connectivity index is 2.03. The van der Waals surface area contributed by atoms with Crippen molar-refractivity contribution in [3.8, 4) is 0 Å². The smallest absolute Gasteiger partial charge is 0.0113 e. The second-order valence-corrected chi connectivity index (χ2v) is 14.4. The van der Waals surface area contributed by atoms with Crippen molar-refractivity contribution in [1.29, 1.82) is 0 Å². The van der Waals surface area contributed by atoms with Gasteiger partial charge in [-0.25, -0.2) is 0 Å². The lowest BCUT2D eigenvalue weighted by Gasteiger charge is -2.38. The van der Waals surface area contributed by atoms with E-state index in [0.29, 0.717) is 0 Å². The van der Waals surface area contributed by atoms with Gasteiger partial charge in [-0.05, 0) is 71.3 Å². The van der Waals surface area contributed by atoms with E-state index in [1.165, 1.54) is 219 Å². The Hall–Kier alpha value is -0.600. The topological polar surface area (TPSA) is 6.48 Å². The monoisotopic (exact) mass is 615 g/mol. The van der Waals surface area contributed by atoms with E-state index in [4.69, 9.17) is 0 Å². The van der Waals surface area contributed by atoms with Crippen molar-refractivity contribution in [2.75, 3.05) is 33.2 Å². The van der Waals surface area contributed by atoms with Crippen molar-refractivity contribution in [3.05, 3.63) is 24.3 Å². The van der Waals surface area contributed by atoms with E-state index in [-0.39, 0.29) is 0 Å². The van der Waals surface area contributed by atoms with Gasteiger partial charge in [-0.3, -0.25) is 4.90 Å². The van der Waals surface area contributed by atoms with Gasteiger partial charge in [0.2, 0.25) is 0 Å². The van der Waals surface area contributed by atoms with E-state index in [0.717, 1.165) is 6.04 Å². The summed E-state index contributed by atoms with van der Waals surface area (Å²) in [4.78, 5) is 5.37. The molecule has 0 aromatic heterocycles. The highest BCUT2D eigenvalue weighted by molar-refractivity contribution is 4.82. The molecule has 0 amide bonds. The fourth-order valence-corrected chi connectivity index (χ4v) is 6.95. The minimum absolute atomic E-state index is 0.845. The predicted molar refractivity (Wildman–Crippen MR) is 201 cm³/mol.